The van der Waals surface area contributed by atoms with E-state index in [0.717, 1.165) is 11.3 Å². The number of hydrogen-bond donors (Lipinski definition) is 0. The van der Waals surface area contributed by atoms with Crippen molar-refractivity contribution in [2.75, 3.05) is 35.5 Å². The molecule has 35 heavy (non-hydrogen) atoms. The highest BCUT2D eigenvalue weighted by Gasteiger charge is 2.15. The van der Waals surface area contributed by atoms with E-state index >= 15 is 0 Å². The van der Waals surface area contributed by atoms with Gasteiger partial charge in [0.2, 0.25) is 5.75 Å². The lowest BCUT2D eigenvalue weighted by Gasteiger charge is -2.12. The number of benzene rings is 2. The molecule has 0 aliphatic carbocycles. The van der Waals surface area contributed by atoms with Gasteiger partial charge in [-0.05, 0) is 42.0 Å². The van der Waals surface area contributed by atoms with Crippen molar-refractivity contribution in [3.05, 3.63) is 52.3 Å². The maximum absolute atomic E-state index is 12.7. The monoisotopic (exact) mass is 500 g/mol. The highest BCUT2D eigenvalue weighted by molar-refractivity contribution is 7.16. The molecule has 0 saturated carbocycles. The van der Waals surface area contributed by atoms with E-state index in [0.29, 0.717) is 38.6 Å². The Morgan fingerprint density at radius 2 is 1.63 bits per heavy atom. The van der Waals surface area contributed by atoms with Crippen molar-refractivity contribution in [3.8, 4) is 17.2 Å². The fourth-order valence-corrected chi connectivity index (χ4v) is 4.32. The van der Waals surface area contributed by atoms with Gasteiger partial charge in [0.25, 0.3) is 5.91 Å². The first-order chi connectivity index (χ1) is 16.8. The molecule has 0 radical (unpaired) electrons. The van der Waals surface area contributed by atoms with Crippen LogP contribution in [0.15, 0.2) is 41.4 Å². The van der Waals surface area contributed by atoms with Crippen molar-refractivity contribution in [2.45, 2.75) is 6.54 Å². The summed E-state index contributed by atoms with van der Waals surface area (Å²) in [5.74, 6) is -0.248. The highest BCUT2D eigenvalue weighted by atomic mass is 32.1. The highest BCUT2D eigenvalue weighted by Crippen LogP contribution is 2.38. The predicted molar refractivity (Wildman–Crippen MR) is 129 cm³/mol. The molecule has 0 saturated heterocycles. The van der Waals surface area contributed by atoms with E-state index < -0.39 is 17.8 Å². The number of amides is 1. The van der Waals surface area contributed by atoms with E-state index in [2.05, 4.69) is 4.99 Å². The van der Waals surface area contributed by atoms with Gasteiger partial charge in [-0.2, -0.15) is 4.99 Å². The van der Waals surface area contributed by atoms with Gasteiger partial charge in [-0.15, -0.1) is 0 Å². The minimum Gasteiger partial charge on any atom is -0.493 e. The van der Waals surface area contributed by atoms with E-state index in [1.165, 1.54) is 41.6 Å². The smallest absolute Gasteiger partial charge is 0.337 e. The molecule has 3 aromatic rings. The van der Waals surface area contributed by atoms with Gasteiger partial charge in [0.15, 0.2) is 16.3 Å². The largest absolute Gasteiger partial charge is 0.493 e. The van der Waals surface area contributed by atoms with E-state index in [4.69, 9.17) is 23.7 Å². The summed E-state index contributed by atoms with van der Waals surface area (Å²) in [6.45, 7) is -0.156. The van der Waals surface area contributed by atoms with E-state index in [9.17, 15) is 14.4 Å². The van der Waals surface area contributed by atoms with E-state index in [1.54, 1.807) is 41.0 Å². The molecular formula is C24H24N2O8S. The third kappa shape index (κ3) is 5.69. The van der Waals surface area contributed by atoms with E-state index in [-0.39, 0.29) is 11.3 Å². The van der Waals surface area contributed by atoms with Gasteiger partial charge in [-0.1, -0.05) is 11.3 Å². The number of ether oxygens (including phenoxy) is 5. The molecule has 0 fully saturated rings. The minimum absolute atomic E-state index is 0.156. The molecule has 0 N–H and O–H groups in total. The van der Waals surface area contributed by atoms with Gasteiger partial charge in [0.1, 0.15) is 6.54 Å². The molecule has 0 bridgehead atoms. The summed E-state index contributed by atoms with van der Waals surface area (Å²) in [4.78, 5) is 41.0. The first-order valence-electron chi connectivity index (χ1n) is 10.2. The molecule has 1 aromatic heterocycles. The number of thiazole rings is 1. The number of methoxy groups -OCH3 is 5. The Labute approximate surface area is 205 Å². The van der Waals surface area contributed by atoms with Gasteiger partial charge in [-0.3, -0.25) is 9.59 Å². The Balaban J connectivity index is 2.02. The maximum Gasteiger partial charge on any atom is 0.337 e. The topological polar surface area (TPSA) is 115 Å². The zero-order valence-electron chi connectivity index (χ0n) is 19.8. The van der Waals surface area contributed by atoms with Gasteiger partial charge in [0, 0.05) is 6.08 Å². The zero-order valence-corrected chi connectivity index (χ0v) is 20.6. The van der Waals surface area contributed by atoms with Crippen molar-refractivity contribution < 1.29 is 38.1 Å². The fourth-order valence-electron chi connectivity index (χ4n) is 3.25. The van der Waals surface area contributed by atoms with Crippen molar-refractivity contribution in [3.63, 3.8) is 0 Å². The molecule has 3 rings (SSSR count). The predicted octanol–water partition coefficient (Wildman–Crippen LogP) is 2.83. The van der Waals surface area contributed by atoms with Gasteiger partial charge in [0.05, 0.1) is 51.3 Å². The van der Waals surface area contributed by atoms with E-state index in [1.807, 2.05) is 0 Å². The quantitative estimate of drug-likeness (QED) is 0.343. The van der Waals surface area contributed by atoms with Crippen molar-refractivity contribution in [1.29, 1.82) is 0 Å². The standard InChI is InChI=1S/C24H24N2O8S/c1-30-17-10-14(11-18(31-2)22(17)33-4)6-9-20(27)25-24-26(13-21(28)32-3)16-8-7-15(23(29)34-5)12-19(16)35-24/h6-12H,13H2,1-5H3. The fraction of sp³-hybridized carbons (Fsp3) is 0.250. The molecule has 2 aromatic carbocycles. The van der Waals surface area contributed by atoms with Crippen LogP contribution in [0.1, 0.15) is 15.9 Å². The van der Waals surface area contributed by atoms with Crippen molar-refractivity contribution in [1.82, 2.24) is 4.57 Å². The third-order valence-corrected chi connectivity index (χ3v) is 5.97. The molecule has 184 valence electrons. The average molecular weight is 501 g/mol. The van der Waals surface area contributed by atoms with Gasteiger partial charge in [-0.25, -0.2) is 4.79 Å². The van der Waals surface area contributed by atoms with Crippen molar-refractivity contribution in [2.24, 2.45) is 4.99 Å². The normalized spacial score (nSPS) is 11.5. The van der Waals surface area contributed by atoms with Crippen LogP contribution in [-0.4, -0.2) is 58.0 Å². The number of nitrogens with zero attached hydrogens (tertiary/aromatic N) is 2. The Bertz CT molecular complexity index is 1340. The molecule has 11 heteroatoms. The average Bonchev–Trinajstić information content (AvgIpc) is 3.21. The zero-order chi connectivity index (χ0) is 25.5. The Hall–Kier alpha value is -4.12. The molecule has 1 amide bonds. The van der Waals surface area contributed by atoms with Crippen LogP contribution in [0.25, 0.3) is 16.3 Å². The summed E-state index contributed by atoms with van der Waals surface area (Å²) in [6.07, 6.45) is 2.84. The number of hydrogen-bond acceptors (Lipinski definition) is 9. The number of aromatic nitrogens is 1. The second-order valence-electron chi connectivity index (χ2n) is 6.96. The molecule has 10 nitrogen and oxygen atoms in total. The lowest BCUT2D eigenvalue weighted by atomic mass is 10.1. The second-order valence-corrected chi connectivity index (χ2v) is 7.97. The van der Waals surface area contributed by atoms with Crippen LogP contribution in [0.2, 0.25) is 0 Å². The molecule has 0 aliphatic heterocycles. The molecule has 1 heterocycles. The summed E-state index contributed by atoms with van der Waals surface area (Å²) >= 11 is 1.15. The summed E-state index contributed by atoms with van der Waals surface area (Å²) in [6, 6.07) is 8.24. The number of esters is 2. The second kappa shape index (κ2) is 11.3. The third-order valence-electron chi connectivity index (χ3n) is 4.93. The molecule has 0 aliphatic rings. The van der Waals surface area contributed by atoms with Gasteiger partial charge >= 0.3 is 11.9 Å². The molecular weight excluding hydrogens is 476 g/mol. The minimum atomic E-state index is -0.558. The summed E-state index contributed by atoms with van der Waals surface area (Å²) in [5.41, 5.74) is 1.59. The summed E-state index contributed by atoms with van der Waals surface area (Å²) in [5, 5.41) is 0. The van der Waals surface area contributed by atoms with Crippen LogP contribution in [0.4, 0.5) is 0 Å². The SMILES string of the molecule is COC(=O)Cn1c(=NC(=O)C=Cc2cc(OC)c(OC)c(OC)c2)sc2cc(C(=O)OC)ccc21. The van der Waals surface area contributed by atoms with Crippen LogP contribution in [0.5, 0.6) is 17.2 Å². The lowest BCUT2D eigenvalue weighted by Crippen LogP contribution is -2.22. The molecule has 0 spiro atoms. The first-order valence-corrected chi connectivity index (χ1v) is 11.0. The number of carbonyl (C=O) groups is 3. The number of fused-ring (bicyclic) bond motifs is 1. The van der Waals surface area contributed by atoms with Gasteiger partial charge < -0.3 is 28.3 Å². The Kier molecular flexibility index (Phi) is 8.26. The van der Waals surface area contributed by atoms with Crippen LogP contribution < -0.4 is 19.0 Å². The van der Waals surface area contributed by atoms with Crippen LogP contribution >= 0.6 is 11.3 Å². The molecule has 0 unspecified atom stereocenters. The first kappa shape index (κ1) is 25.5. The summed E-state index contributed by atoms with van der Waals surface area (Å²) in [7, 11) is 7.06. The van der Waals surface area contributed by atoms with Crippen molar-refractivity contribution >= 4 is 45.5 Å². The Morgan fingerprint density at radius 1 is 0.943 bits per heavy atom. The summed E-state index contributed by atoms with van der Waals surface area (Å²) < 4.78 is 27.7. The molecule has 0 atom stereocenters. The lowest BCUT2D eigenvalue weighted by molar-refractivity contribution is -0.141. The van der Waals surface area contributed by atoms with Crippen LogP contribution in [0.3, 0.4) is 0 Å². The number of carbonyl (C=O) groups excluding carboxylic acids is 3. The maximum atomic E-state index is 12.7. The Morgan fingerprint density at radius 3 is 2.20 bits per heavy atom. The van der Waals surface area contributed by atoms with Crippen LogP contribution in [0, 0.1) is 0 Å². The van der Waals surface area contributed by atoms with Crippen LogP contribution in [-0.2, 0) is 25.6 Å². The number of rotatable bonds is 8.